The van der Waals surface area contributed by atoms with Gasteiger partial charge in [0.2, 0.25) is 0 Å². The standard InChI is InChI=1S/C12H22N4/c1-9-8-16-11(4-6-14-12(16)15-9)10-3-2-5-13-7-10/h9-11,13H,2-8H2,1H3,(H,14,15). The molecule has 3 heterocycles. The topological polar surface area (TPSA) is 39.7 Å². The Hall–Kier alpha value is -0.770. The number of rotatable bonds is 1. The van der Waals surface area contributed by atoms with Gasteiger partial charge in [-0.3, -0.25) is 4.99 Å². The largest absolute Gasteiger partial charge is 0.352 e. The molecule has 0 aromatic carbocycles. The summed E-state index contributed by atoms with van der Waals surface area (Å²) in [6, 6.07) is 1.29. The highest BCUT2D eigenvalue weighted by molar-refractivity contribution is 5.83. The number of hydrogen-bond donors (Lipinski definition) is 2. The van der Waals surface area contributed by atoms with E-state index in [4.69, 9.17) is 0 Å². The number of fused-ring (bicyclic) bond motifs is 1. The summed E-state index contributed by atoms with van der Waals surface area (Å²) < 4.78 is 0. The normalized spacial score (nSPS) is 38.9. The second kappa shape index (κ2) is 4.24. The van der Waals surface area contributed by atoms with Crippen LogP contribution in [0.15, 0.2) is 4.99 Å². The van der Waals surface area contributed by atoms with Crippen LogP contribution in [0.25, 0.3) is 0 Å². The van der Waals surface area contributed by atoms with E-state index in [1.165, 1.54) is 32.4 Å². The van der Waals surface area contributed by atoms with Crippen LogP contribution in [-0.4, -0.2) is 49.1 Å². The van der Waals surface area contributed by atoms with Gasteiger partial charge in [0.25, 0.3) is 0 Å². The molecule has 0 bridgehead atoms. The van der Waals surface area contributed by atoms with Gasteiger partial charge in [0.15, 0.2) is 5.96 Å². The zero-order chi connectivity index (χ0) is 11.0. The Bertz CT molecular complexity index is 283. The molecule has 4 nitrogen and oxygen atoms in total. The maximum atomic E-state index is 4.60. The van der Waals surface area contributed by atoms with Crippen LogP contribution in [0.5, 0.6) is 0 Å². The Morgan fingerprint density at radius 1 is 1.38 bits per heavy atom. The first kappa shape index (κ1) is 10.4. The van der Waals surface area contributed by atoms with Crippen LogP contribution in [0.2, 0.25) is 0 Å². The summed E-state index contributed by atoms with van der Waals surface area (Å²) in [7, 11) is 0. The van der Waals surface area contributed by atoms with Crippen LogP contribution < -0.4 is 10.6 Å². The smallest absolute Gasteiger partial charge is 0.194 e. The molecule has 16 heavy (non-hydrogen) atoms. The SMILES string of the molecule is CC1CN2C(=NCCC2C2CCCNC2)N1. The minimum atomic E-state index is 0.566. The van der Waals surface area contributed by atoms with Crippen molar-refractivity contribution in [1.29, 1.82) is 0 Å². The molecule has 3 unspecified atom stereocenters. The van der Waals surface area contributed by atoms with Gasteiger partial charge in [-0.05, 0) is 45.2 Å². The number of hydrogen-bond acceptors (Lipinski definition) is 4. The molecule has 3 rings (SSSR count). The van der Waals surface area contributed by atoms with E-state index in [1.54, 1.807) is 0 Å². The minimum Gasteiger partial charge on any atom is -0.352 e. The third kappa shape index (κ3) is 1.79. The van der Waals surface area contributed by atoms with Gasteiger partial charge in [0.1, 0.15) is 0 Å². The third-order valence-electron chi connectivity index (χ3n) is 4.08. The number of nitrogens with zero attached hydrogens (tertiary/aromatic N) is 2. The zero-order valence-electron chi connectivity index (χ0n) is 10.1. The van der Waals surface area contributed by atoms with Crippen molar-refractivity contribution in [1.82, 2.24) is 15.5 Å². The predicted molar refractivity (Wildman–Crippen MR) is 65.6 cm³/mol. The van der Waals surface area contributed by atoms with E-state index in [0.717, 1.165) is 31.0 Å². The van der Waals surface area contributed by atoms with Gasteiger partial charge in [-0.25, -0.2) is 0 Å². The summed E-state index contributed by atoms with van der Waals surface area (Å²) in [5.41, 5.74) is 0. The van der Waals surface area contributed by atoms with Crippen molar-refractivity contribution < 1.29 is 0 Å². The fraction of sp³-hybridized carbons (Fsp3) is 0.917. The predicted octanol–water partition coefficient (Wildman–Crippen LogP) is 0.408. The fourth-order valence-corrected chi connectivity index (χ4v) is 3.32. The Kier molecular flexibility index (Phi) is 2.75. The van der Waals surface area contributed by atoms with Crippen LogP contribution in [0.4, 0.5) is 0 Å². The molecule has 3 atom stereocenters. The number of piperidine rings is 1. The first-order valence-corrected chi connectivity index (χ1v) is 6.63. The maximum Gasteiger partial charge on any atom is 0.194 e. The molecule has 2 fully saturated rings. The highest BCUT2D eigenvalue weighted by Crippen LogP contribution is 2.26. The summed E-state index contributed by atoms with van der Waals surface area (Å²) in [5.74, 6) is 1.99. The van der Waals surface area contributed by atoms with Gasteiger partial charge in [0, 0.05) is 25.2 Å². The van der Waals surface area contributed by atoms with Gasteiger partial charge in [0.05, 0.1) is 0 Å². The van der Waals surface area contributed by atoms with Crippen molar-refractivity contribution in [2.75, 3.05) is 26.2 Å². The van der Waals surface area contributed by atoms with E-state index in [0.29, 0.717) is 6.04 Å². The minimum absolute atomic E-state index is 0.566. The molecular formula is C12H22N4. The van der Waals surface area contributed by atoms with Gasteiger partial charge in [-0.2, -0.15) is 0 Å². The highest BCUT2D eigenvalue weighted by Gasteiger charge is 2.36. The Morgan fingerprint density at radius 3 is 3.12 bits per heavy atom. The van der Waals surface area contributed by atoms with E-state index in [9.17, 15) is 0 Å². The molecule has 0 amide bonds. The molecule has 0 radical (unpaired) electrons. The van der Waals surface area contributed by atoms with Gasteiger partial charge in [-0.15, -0.1) is 0 Å². The average molecular weight is 222 g/mol. The molecule has 3 aliphatic rings. The average Bonchev–Trinajstić information content (AvgIpc) is 2.70. The lowest BCUT2D eigenvalue weighted by molar-refractivity contribution is 0.184. The van der Waals surface area contributed by atoms with Crippen LogP contribution >= 0.6 is 0 Å². The molecule has 0 spiro atoms. The third-order valence-corrected chi connectivity index (χ3v) is 4.08. The molecule has 0 aliphatic carbocycles. The molecular weight excluding hydrogens is 200 g/mol. The lowest BCUT2D eigenvalue weighted by Crippen LogP contribution is -2.50. The fourth-order valence-electron chi connectivity index (χ4n) is 3.32. The van der Waals surface area contributed by atoms with Crippen molar-refractivity contribution in [3.8, 4) is 0 Å². The number of guanidine groups is 1. The second-order valence-corrected chi connectivity index (χ2v) is 5.37. The molecule has 4 heteroatoms. The summed E-state index contributed by atoms with van der Waals surface area (Å²) >= 11 is 0. The Labute approximate surface area is 97.5 Å². The monoisotopic (exact) mass is 222 g/mol. The van der Waals surface area contributed by atoms with Crippen LogP contribution in [0.1, 0.15) is 26.2 Å². The van der Waals surface area contributed by atoms with E-state index >= 15 is 0 Å². The summed E-state index contributed by atoms with van der Waals surface area (Å²) in [6.07, 6.45) is 3.96. The molecule has 3 aliphatic heterocycles. The van der Waals surface area contributed by atoms with Crippen molar-refractivity contribution >= 4 is 5.96 Å². The Morgan fingerprint density at radius 2 is 2.31 bits per heavy atom. The van der Waals surface area contributed by atoms with Crippen molar-refractivity contribution in [2.45, 2.75) is 38.3 Å². The van der Waals surface area contributed by atoms with Crippen molar-refractivity contribution in [3.63, 3.8) is 0 Å². The molecule has 0 aromatic rings. The van der Waals surface area contributed by atoms with Crippen molar-refractivity contribution in [2.24, 2.45) is 10.9 Å². The van der Waals surface area contributed by atoms with Crippen LogP contribution in [0.3, 0.4) is 0 Å². The molecule has 0 aromatic heterocycles. The first-order valence-electron chi connectivity index (χ1n) is 6.63. The molecule has 2 N–H and O–H groups in total. The zero-order valence-corrected chi connectivity index (χ0v) is 10.1. The van der Waals surface area contributed by atoms with Crippen LogP contribution in [0, 0.1) is 5.92 Å². The molecule has 90 valence electrons. The Balaban J connectivity index is 1.73. The van der Waals surface area contributed by atoms with E-state index in [2.05, 4.69) is 27.4 Å². The van der Waals surface area contributed by atoms with Gasteiger partial charge in [-0.1, -0.05) is 0 Å². The molecule has 0 saturated carbocycles. The lowest BCUT2D eigenvalue weighted by Gasteiger charge is -2.39. The van der Waals surface area contributed by atoms with Crippen LogP contribution in [-0.2, 0) is 0 Å². The first-order chi connectivity index (χ1) is 7.84. The van der Waals surface area contributed by atoms with E-state index < -0.39 is 0 Å². The quantitative estimate of drug-likeness (QED) is 0.675. The van der Waals surface area contributed by atoms with E-state index in [1.807, 2.05) is 0 Å². The van der Waals surface area contributed by atoms with Gasteiger partial charge >= 0.3 is 0 Å². The van der Waals surface area contributed by atoms with Crippen molar-refractivity contribution in [3.05, 3.63) is 0 Å². The maximum absolute atomic E-state index is 4.60. The van der Waals surface area contributed by atoms with Gasteiger partial charge < -0.3 is 15.5 Å². The van der Waals surface area contributed by atoms with E-state index in [-0.39, 0.29) is 0 Å². The number of nitrogens with one attached hydrogen (secondary N) is 2. The summed E-state index contributed by atoms with van der Waals surface area (Å²) in [6.45, 7) is 6.80. The highest BCUT2D eigenvalue weighted by atomic mass is 15.4. The summed E-state index contributed by atoms with van der Waals surface area (Å²) in [4.78, 5) is 7.12. The summed E-state index contributed by atoms with van der Waals surface area (Å²) in [5, 5.41) is 7.02. The number of aliphatic imine (C=N–C) groups is 1. The lowest BCUT2D eigenvalue weighted by atomic mass is 9.88. The molecule has 2 saturated heterocycles. The second-order valence-electron chi connectivity index (χ2n) is 5.37.